The summed E-state index contributed by atoms with van der Waals surface area (Å²) in [6.07, 6.45) is 6.93. The molecule has 0 saturated heterocycles. The molecule has 0 fully saturated rings. The Hall–Kier alpha value is -0.0300. The summed E-state index contributed by atoms with van der Waals surface area (Å²) in [5.41, 5.74) is 5.65. The second-order valence-electron chi connectivity index (χ2n) is 4.31. The molecular formula is C12H28Cl2N2O2. The Labute approximate surface area is 123 Å². The molecule has 112 valence electrons. The molecule has 0 saturated carbocycles. The van der Waals surface area contributed by atoms with Gasteiger partial charge in [0.05, 0.1) is 6.42 Å². The number of halogens is 2. The van der Waals surface area contributed by atoms with Crippen LogP contribution >= 0.6 is 24.8 Å². The van der Waals surface area contributed by atoms with Crippen LogP contribution in [0.4, 0.5) is 0 Å². The van der Waals surface area contributed by atoms with Crippen LogP contribution in [0.1, 0.15) is 51.9 Å². The van der Waals surface area contributed by atoms with E-state index in [0.717, 1.165) is 25.9 Å². The maximum Gasteiger partial charge on any atom is 0.304 e. The van der Waals surface area contributed by atoms with E-state index in [2.05, 4.69) is 12.2 Å². The normalized spacial score (nSPS) is 11.2. The number of carboxylic acid groups (broad SMARTS) is 1. The topological polar surface area (TPSA) is 75.3 Å². The molecule has 0 aromatic heterocycles. The summed E-state index contributed by atoms with van der Waals surface area (Å²) >= 11 is 0. The standard InChI is InChI=1S/C12H26N2O2.2ClH/c1-2-3-4-5-8-14-9-6-7-11(13)10-12(15)16;;/h11,14H,2-10,13H2,1H3,(H,15,16);2*1H. The molecule has 0 radical (unpaired) electrons. The molecule has 0 heterocycles. The summed E-state index contributed by atoms with van der Waals surface area (Å²) < 4.78 is 0. The molecule has 1 unspecified atom stereocenters. The minimum absolute atomic E-state index is 0. The van der Waals surface area contributed by atoms with Crippen LogP contribution in [0.25, 0.3) is 0 Å². The van der Waals surface area contributed by atoms with Crippen molar-refractivity contribution in [2.45, 2.75) is 57.9 Å². The molecule has 0 aliphatic carbocycles. The maximum absolute atomic E-state index is 10.3. The number of carbonyl (C=O) groups is 1. The van der Waals surface area contributed by atoms with Gasteiger partial charge in [-0.15, -0.1) is 24.8 Å². The highest BCUT2D eigenvalue weighted by molar-refractivity contribution is 5.85. The molecule has 0 aliphatic heterocycles. The minimum atomic E-state index is -0.806. The van der Waals surface area contributed by atoms with E-state index in [9.17, 15) is 4.79 Å². The third-order valence-corrected chi connectivity index (χ3v) is 2.57. The lowest BCUT2D eigenvalue weighted by atomic mass is 10.1. The SMILES string of the molecule is CCCCCCNCCCC(N)CC(=O)O.Cl.Cl. The number of aliphatic carboxylic acids is 1. The van der Waals surface area contributed by atoms with Crippen LogP contribution in [0, 0.1) is 0 Å². The van der Waals surface area contributed by atoms with Crippen LogP contribution in [0.2, 0.25) is 0 Å². The summed E-state index contributed by atoms with van der Waals surface area (Å²) in [5.74, 6) is -0.806. The molecule has 0 aliphatic rings. The largest absolute Gasteiger partial charge is 0.481 e. The van der Waals surface area contributed by atoms with Crippen molar-refractivity contribution in [1.29, 1.82) is 0 Å². The number of nitrogens with two attached hydrogens (primary N) is 1. The van der Waals surface area contributed by atoms with E-state index in [1.807, 2.05) is 0 Å². The van der Waals surface area contributed by atoms with Crippen LogP contribution in [-0.4, -0.2) is 30.2 Å². The van der Waals surface area contributed by atoms with Crippen molar-refractivity contribution in [3.8, 4) is 0 Å². The van der Waals surface area contributed by atoms with E-state index in [1.165, 1.54) is 25.7 Å². The third-order valence-electron chi connectivity index (χ3n) is 2.57. The highest BCUT2D eigenvalue weighted by Gasteiger charge is 2.06. The summed E-state index contributed by atoms with van der Waals surface area (Å²) in [7, 11) is 0. The third kappa shape index (κ3) is 18.3. The fourth-order valence-electron chi connectivity index (χ4n) is 1.62. The molecule has 0 aromatic rings. The van der Waals surface area contributed by atoms with Gasteiger partial charge in [-0.05, 0) is 32.4 Å². The van der Waals surface area contributed by atoms with Gasteiger partial charge in [0.15, 0.2) is 0 Å². The average molecular weight is 303 g/mol. The van der Waals surface area contributed by atoms with Gasteiger partial charge in [0.1, 0.15) is 0 Å². The Morgan fingerprint density at radius 3 is 2.33 bits per heavy atom. The van der Waals surface area contributed by atoms with Gasteiger partial charge >= 0.3 is 5.97 Å². The lowest BCUT2D eigenvalue weighted by Gasteiger charge is -2.09. The van der Waals surface area contributed by atoms with Crippen molar-refractivity contribution in [1.82, 2.24) is 5.32 Å². The monoisotopic (exact) mass is 302 g/mol. The van der Waals surface area contributed by atoms with Crippen LogP contribution in [0.5, 0.6) is 0 Å². The first-order valence-electron chi connectivity index (χ1n) is 6.35. The van der Waals surface area contributed by atoms with Gasteiger partial charge in [-0.3, -0.25) is 4.79 Å². The zero-order valence-corrected chi connectivity index (χ0v) is 12.8. The summed E-state index contributed by atoms with van der Waals surface area (Å²) in [4.78, 5) is 10.3. The smallest absolute Gasteiger partial charge is 0.304 e. The van der Waals surface area contributed by atoms with Gasteiger partial charge in [-0.1, -0.05) is 26.2 Å². The van der Waals surface area contributed by atoms with Crippen LogP contribution in [0.15, 0.2) is 0 Å². The van der Waals surface area contributed by atoms with Gasteiger partial charge in [0.2, 0.25) is 0 Å². The molecule has 4 N–H and O–H groups in total. The molecule has 0 rings (SSSR count). The molecular weight excluding hydrogens is 275 g/mol. The molecule has 4 nitrogen and oxygen atoms in total. The average Bonchev–Trinajstić information content (AvgIpc) is 2.21. The molecule has 6 heteroatoms. The Balaban J connectivity index is -0.00000112. The van der Waals surface area contributed by atoms with Gasteiger partial charge < -0.3 is 16.2 Å². The number of carboxylic acids is 1. The molecule has 0 amide bonds. The Morgan fingerprint density at radius 1 is 1.17 bits per heavy atom. The zero-order chi connectivity index (χ0) is 12.2. The van der Waals surface area contributed by atoms with Crippen LogP contribution < -0.4 is 11.1 Å². The van der Waals surface area contributed by atoms with Crippen molar-refractivity contribution in [3.05, 3.63) is 0 Å². The first-order valence-corrected chi connectivity index (χ1v) is 6.35. The number of rotatable bonds is 11. The van der Waals surface area contributed by atoms with Crippen molar-refractivity contribution in [3.63, 3.8) is 0 Å². The summed E-state index contributed by atoms with van der Waals surface area (Å²) in [5, 5.41) is 11.9. The molecule has 0 bridgehead atoms. The first-order chi connectivity index (χ1) is 7.66. The zero-order valence-electron chi connectivity index (χ0n) is 11.2. The Morgan fingerprint density at radius 2 is 1.78 bits per heavy atom. The number of unbranched alkanes of at least 4 members (excludes halogenated alkanes) is 3. The van der Waals surface area contributed by atoms with E-state index in [-0.39, 0.29) is 37.3 Å². The predicted molar refractivity (Wildman–Crippen MR) is 81.0 cm³/mol. The van der Waals surface area contributed by atoms with Crippen molar-refractivity contribution in [2.75, 3.05) is 13.1 Å². The summed E-state index contributed by atoms with van der Waals surface area (Å²) in [6, 6.07) is -0.195. The van der Waals surface area contributed by atoms with Crippen molar-refractivity contribution in [2.24, 2.45) is 5.73 Å². The minimum Gasteiger partial charge on any atom is -0.481 e. The Bertz CT molecular complexity index is 183. The molecule has 0 spiro atoms. The lowest BCUT2D eigenvalue weighted by Crippen LogP contribution is -2.25. The quantitative estimate of drug-likeness (QED) is 0.513. The highest BCUT2D eigenvalue weighted by Crippen LogP contribution is 1.99. The van der Waals surface area contributed by atoms with Gasteiger partial charge in [0.25, 0.3) is 0 Å². The Kier molecular flexibility index (Phi) is 21.8. The molecule has 1 atom stereocenters. The van der Waals surface area contributed by atoms with Crippen LogP contribution in [0.3, 0.4) is 0 Å². The number of nitrogens with one attached hydrogen (secondary N) is 1. The van der Waals surface area contributed by atoms with Gasteiger partial charge in [-0.25, -0.2) is 0 Å². The maximum atomic E-state index is 10.3. The second kappa shape index (κ2) is 17.0. The first kappa shape index (κ1) is 23.1. The lowest BCUT2D eigenvalue weighted by molar-refractivity contribution is -0.137. The van der Waals surface area contributed by atoms with Crippen molar-refractivity contribution >= 4 is 30.8 Å². The van der Waals surface area contributed by atoms with E-state index in [1.54, 1.807) is 0 Å². The summed E-state index contributed by atoms with van der Waals surface area (Å²) in [6.45, 7) is 4.21. The molecule has 0 aromatic carbocycles. The molecule has 18 heavy (non-hydrogen) atoms. The number of hydrogen-bond acceptors (Lipinski definition) is 3. The van der Waals surface area contributed by atoms with Crippen LogP contribution in [-0.2, 0) is 4.79 Å². The fourth-order valence-corrected chi connectivity index (χ4v) is 1.62. The number of hydrogen-bond donors (Lipinski definition) is 3. The van der Waals surface area contributed by atoms with E-state index in [4.69, 9.17) is 10.8 Å². The second-order valence-corrected chi connectivity index (χ2v) is 4.31. The van der Waals surface area contributed by atoms with Gasteiger partial charge in [0, 0.05) is 6.04 Å². The van der Waals surface area contributed by atoms with Crippen molar-refractivity contribution < 1.29 is 9.90 Å². The van der Waals surface area contributed by atoms with Gasteiger partial charge in [-0.2, -0.15) is 0 Å². The van der Waals surface area contributed by atoms with E-state index >= 15 is 0 Å². The predicted octanol–water partition coefficient (Wildman–Crippen LogP) is 2.58. The van der Waals surface area contributed by atoms with E-state index in [0.29, 0.717) is 0 Å². The fraction of sp³-hybridized carbons (Fsp3) is 0.917. The highest BCUT2D eigenvalue weighted by atomic mass is 35.5. The van der Waals surface area contributed by atoms with E-state index < -0.39 is 5.97 Å².